The molecule has 0 amide bonds. The number of carbonyl (C=O) groups excluding carboxylic acids is 2. The van der Waals surface area contributed by atoms with Crippen LogP contribution in [0.15, 0.2) is 23.8 Å². The van der Waals surface area contributed by atoms with Crippen LogP contribution in [0.25, 0.3) is 0 Å². The van der Waals surface area contributed by atoms with Crippen molar-refractivity contribution in [1.82, 2.24) is 0 Å². The molecule has 0 radical (unpaired) electrons. The Morgan fingerprint density at radius 1 is 1.30 bits per heavy atom. The third kappa shape index (κ3) is 2.21. The van der Waals surface area contributed by atoms with E-state index in [1.54, 1.807) is 19.1 Å². The molecule has 8 atom stereocenters. The first-order valence-corrected chi connectivity index (χ1v) is 9.76. The average molecular weight is 376 g/mol. The van der Waals surface area contributed by atoms with Crippen molar-refractivity contribution in [3.63, 3.8) is 0 Å². The van der Waals surface area contributed by atoms with E-state index in [1.165, 1.54) is 0 Å². The first kappa shape index (κ1) is 19.0. The van der Waals surface area contributed by atoms with Crippen molar-refractivity contribution >= 4 is 11.6 Å². The molecule has 0 aromatic rings. The van der Waals surface area contributed by atoms with Crippen LogP contribution < -0.4 is 0 Å². The largest absolute Gasteiger partial charge is 0.393 e. The van der Waals surface area contributed by atoms with E-state index in [-0.39, 0.29) is 36.4 Å². The third-order valence-corrected chi connectivity index (χ3v) is 8.28. The molecule has 4 aliphatic carbocycles. The molecule has 0 heterocycles. The number of ketones is 2. The lowest BCUT2D eigenvalue weighted by Crippen LogP contribution is -2.63. The van der Waals surface area contributed by atoms with Crippen LogP contribution in [0.4, 0.5) is 0 Å². The number of hydrogen-bond donors (Lipinski definition) is 4. The molecule has 0 aromatic heterocycles. The highest BCUT2D eigenvalue weighted by atomic mass is 16.4. The zero-order valence-corrected chi connectivity index (χ0v) is 15.8. The van der Waals surface area contributed by atoms with Crippen LogP contribution in [0.3, 0.4) is 0 Å². The Balaban J connectivity index is 1.78. The first-order chi connectivity index (χ1) is 12.6. The fourth-order valence-corrected chi connectivity index (χ4v) is 6.96. The summed E-state index contributed by atoms with van der Waals surface area (Å²) in [6.07, 6.45) is 4.97. The van der Waals surface area contributed by atoms with Gasteiger partial charge in [0.15, 0.2) is 17.2 Å². The van der Waals surface area contributed by atoms with Crippen LogP contribution in [0.2, 0.25) is 0 Å². The fraction of sp³-hybridized carbons (Fsp3) is 0.714. The van der Waals surface area contributed by atoms with Gasteiger partial charge in [-0.25, -0.2) is 0 Å². The molecule has 0 saturated heterocycles. The molecule has 27 heavy (non-hydrogen) atoms. The van der Waals surface area contributed by atoms with Gasteiger partial charge >= 0.3 is 0 Å². The summed E-state index contributed by atoms with van der Waals surface area (Å²) in [6.45, 7) is 2.96. The van der Waals surface area contributed by atoms with Gasteiger partial charge < -0.3 is 20.4 Å². The number of aliphatic hydroxyl groups is 4. The van der Waals surface area contributed by atoms with Crippen molar-refractivity contribution < 1.29 is 30.0 Å². The summed E-state index contributed by atoms with van der Waals surface area (Å²) in [5, 5.41) is 42.3. The number of aliphatic hydroxyl groups excluding tert-OH is 3. The minimum absolute atomic E-state index is 0.00826. The van der Waals surface area contributed by atoms with Gasteiger partial charge in [0.25, 0.3) is 0 Å². The fourth-order valence-electron chi connectivity index (χ4n) is 6.96. The molecule has 148 valence electrons. The lowest BCUT2D eigenvalue weighted by molar-refractivity contribution is -0.190. The summed E-state index contributed by atoms with van der Waals surface area (Å²) in [6, 6.07) is 0. The van der Waals surface area contributed by atoms with Crippen LogP contribution in [-0.4, -0.2) is 56.4 Å². The Bertz CT molecular complexity index is 756. The lowest BCUT2D eigenvalue weighted by atomic mass is 9.46. The summed E-state index contributed by atoms with van der Waals surface area (Å²) in [4.78, 5) is 24.2. The van der Waals surface area contributed by atoms with Gasteiger partial charge in [0, 0.05) is 16.7 Å². The lowest BCUT2D eigenvalue weighted by Gasteiger charge is -2.59. The second kappa shape index (κ2) is 5.83. The minimum atomic E-state index is -2.05. The molecule has 0 aliphatic heterocycles. The quantitative estimate of drug-likeness (QED) is 0.559. The topological polar surface area (TPSA) is 115 Å². The predicted octanol–water partition coefficient (Wildman–Crippen LogP) is 0.528. The number of allylic oxidation sites excluding steroid dienone is 4. The van der Waals surface area contributed by atoms with Gasteiger partial charge in [0.2, 0.25) is 0 Å². The Morgan fingerprint density at radius 3 is 2.67 bits per heavy atom. The number of Topliss-reactive ketones (excluding diaryl/α,β-unsaturated/α-hetero) is 1. The highest BCUT2D eigenvalue weighted by Gasteiger charge is 2.71. The number of carbonyl (C=O) groups is 2. The summed E-state index contributed by atoms with van der Waals surface area (Å²) < 4.78 is 0. The van der Waals surface area contributed by atoms with E-state index in [4.69, 9.17) is 0 Å². The highest BCUT2D eigenvalue weighted by molar-refractivity contribution is 6.01. The Labute approximate surface area is 158 Å². The minimum Gasteiger partial charge on any atom is -0.393 e. The Hall–Kier alpha value is -1.34. The van der Waals surface area contributed by atoms with Crippen LogP contribution in [0, 0.1) is 28.6 Å². The maximum absolute atomic E-state index is 12.4. The molecule has 4 aliphatic rings. The average Bonchev–Trinajstić information content (AvgIpc) is 2.82. The highest BCUT2D eigenvalue weighted by Crippen LogP contribution is 2.67. The molecule has 3 fully saturated rings. The molecule has 4 N–H and O–H groups in total. The number of hydrogen-bond acceptors (Lipinski definition) is 6. The SMILES string of the molecule is C[C@]12C=CC(=O)C=C1CC[C@@H]1[C@@H]2[C@@H](O)C[C@@]2(C)[C@H]1CC(O)[C@]2(O)C(=O)CO. The van der Waals surface area contributed by atoms with Gasteiger partial charge in [-0.2, -0.15) is 0 Å². The van der Waals surface area contributed by atoms with Gasteiger partial charge in [0.05, 0.1) is 12.2 Å². The van der Waals surface area contributed by atoms with E-state index in [1.807, 2.05) is 13.0 Å². The van der Waals surface area contributed by atoms with Crippen molar-refractivity contribution in [3.05, 3.63) is 23.8 Å². The zero-order valence-electron chi connectivity index (χ0n) is 15.8. The van der Waals surface area contributed by atoms with Crippen molar-refractivity contribution in [1.29, 1.82) is 0 Å². The number of rotatable bonds is 2. The monoisotopic (exact) mass is 376 g/mol. The molecule has 4 rings (SSSR count). The normalized spacial score (nSPS) is 51.3. The van der Waals surface area contributed by atoms with E-state index in [0.29, 0.717) is 0 Å². The maximum atomic E-state index is 12.4. The van der Waals surface area contributed by atoms with Crippen molar-refractivity contribution in [2.24, 2.45) is 28.6 Å². The predicted molar refractivity (Wildman–Crippen MR) is 96.4 cm³/mol. The molecule has 6 heteroatoms. The molecule has 6 nitrogen and oxygen atoms in total. The van der Waals surface area contributed by atoms with E-state index in [2.05, 4.69) is 0 Å². The molecule has 1 unspecified atom stereocenters. The smallest absolute Gasteiger partial charge is 0.192 e. The van der Waals surface area contributed by atoms with Gasteiger partial charge in [-0.05, 0) is 49.7 Å². The summed E-state index contributed by atoms with van der Waals surface area (Å²) >= 11 is 0. The van der Waals surface area contributed by atoms with Crippen LogP contribution in [-0.2, 0) is 9.59 Å². The van der Waals surface area contributed by atoms with Crippen LogP contribution >= 0.6 is 0 Å². The van der Waals surface area contributed by atoms with Crippen molar-refractivity contribution in [2.45, 2.75) is 57.3 Å². The first-order valence-electron chi connectivity index (χ1n) is 9.76. The van der Waals surface area contributed by atoms with Gasteiger partial charge in [0.1, 0.15) is 6.61 Å². The van der Waals surface area contributed by atoms with Gasteiger partial charge in [-0.3, -0.25) is 9.59 Å². The summed E-state index contributed by atoms with van der Waals surface area (Å²) in [5.41, 5.74) is -2.46. The Morgan fingerprint density at radius 2 is 2.00 bits per heavy atom. The summed E-state index contributed by atoms with van der Waals surface area (Å²) in [7, 11) is 0. The number of fused-ring (bicyclic) bond motifs is 5. The van der Waals surface area contributed by atoms with Gasteiger partial charge in [-0.15, -0.1) is 0 Å². The van der Waals surface area contributed by atoms with Crippen LogP contribution in [0.1, 0.15) is 39.5 Å². The second-order valence-corrected chi connectivity index (χ2v) is 9.31. The van der Waals surface area contributed by atoms with Crippen molar-refractivity contribution in [3.8, 4) is 0 Å². The molecule has 0 spiro atoms. The van der Waals surface area contributed by atoms with Crippen molar-refractivity contribution in [2.75, 3.05) is 6.61 Å². The summed E-state index contributed by atoms with van der Waals surface area (Å²) in [5.74, 6) is -1.09. The van der Waals surface area contributed by atoms with E-state index < -0.39 is 41.0 Å². The standard InChI is InChI=1S/C21H28O6/c1-19-6-5-12(23)7-11(19)3-4-13-14-8-16(25)21(27,17(26)10-22)20(14,2)9-15(24)18(13)19/h5-7,13-16,18,22,24-25,27H,3-4,8-10H2,1-2H3/t13-,14-,15-,16?,18+,19-,20-,21-/m0/s1. The molecule has 0 aromatic carbocycles. The molecular formula is C21H28O6. The molecular weight excluding hydrogens is 348 g/mol. The zero-order chi connectivity index (χ0) is 19.8. The second-order valence-electron chi connectivity index (χ2n) is 9.31. The molecule has 0 bridgehead atoms. The molecule has 3 saturated carbocycles. The van der Waals surface area contributed by atoms with E-state index >= 15 is 0 Å². The third-order valence-electron chi connectivity index (χ3n) is 8.28. The van der Waals surface area contributed by atoms with Crippen LogP contribution in [0.5, 0.6) is 0 Å². The van der Waals surface area contributed by atoms with E-state index in [0.717, 1.165) is 18.4 Å². The maximum Gasteiger partial charge on any atom is 0.192 e. The van der Waals surface area contributed by atoms with Gasteiger partial charge in [-0.1, -0.05) is 25.5 Å². The van der Waals surface area contributed by atoms with E-state index in [9.17, 15) is 30.0 Å². The Kier molecular flexibility index (Phi) is 4.10.